The van der Waals surface area contributed by atoms with Gasteiger partial charge in [-0.3, -0.25) is 14.4 Å². The molecule has 1 fully saturated rings. The molecule has 278 valence electrons. The monoisotopic (exact) mass is 688 g/mol. The van der Waals surface area contributed by atoms with Gasteiger partial charge >= 0.3 is 5.97 Å². The molecule has 2 rings (SSSR count). The second-order valence-electron chi connectivity index (χ2n) is 14.6. The summed E-state index contributed by atoms with van der Waals surface area (Å²) in [5, 5.41) is 34.5. The van der Waals surface area contributed by atoms with Crippen molar-refractivity contribution in [2.24, 2.45) is 5.41 Å². The van der Waals surface area contributed by atoms with Gasteiger partial charge in [-0.1, -0.05) is 134 Å². The highest BCUT2D eigenvalue weighted by Gasteiger charge is 2.39. The van der Waals surface area contributed by atoms with Crippen molar-refractivity contribution >= 4 is 17.8 Å². The topological polar surface area (TPSA) is 146 Å². The summed E-state index contributed by atoms with van der Waals surface area (Å²) in [5.41, 5.74) is 0.619. The SMILES string of the molecule is CCCCCCCCCCCCCC(=O)O[C@@H]1CC[C@H](NC(=O)[C@H](OC)[C@H](O)[C@@H](O)[C@H](O)/C=C/C(C)(C)C)C(=O)N(Cc2ccccc2)C1. The van der Waals surface area contributed by atoms with Crippen LogP contribution in [0.25, 0.3) is 0 Å². The Labute approximate surface area is 294 Å². The molecule has 10 heteroatoms. The Morgan fingerprint density at radius 1 is 0.918 bits per heavy atom. The summed E-state index contributed by atoms with van der Waals surface area (Å²) in [5.74, 6) is -1.43. The molecule has 2 amide bonds. The van der Waals surface area contributed by atoms with Gasteiger partial charge in [-0.15, -0.1) is 0 Å². The summed E-state index contributed by atoms with van der Waals surface area (Å²) in [6, 6.07) is 8.47. The molecule has 1 aromatic rings. The maximum atomic E-state index is 13.8. The second kappa shape index (κ2) is 22.8. The summed E-state index contributed by atoms with van der Waals surface area (Å²) < 4.78 is 11.1. The number of hydrogen-bond acceptors (Lipinski definition) is 8. The van der Waals surface area contributed by atoms with Crippen molar-refractivity contribution < 1.29 is 39.2 Å². The van der Waals surface area contributed by atoms with E-state index in [-0.39, 0.29) is 36.8 Å². The summed E-state index contributed by atoms with van der Waals surface area (Å²) in [7, 11) is 1.21. The van der Waals surface area contributed by atoms with Gasteiger partial charge in [-0.05, 0) is 30.2 Å². The number of methoxy groups -OCH3 is 1. The van der Waals surface area contributed by atoms with Gasteiger partial charge in [-0.25, -0.2) is 0 Å². The Kier molecular flexibility index (Phi) is 19.7. The van der Waals surface area contributed by atoms with Crippen LogP contribution in [0.15, 0.2) is 42.5 Å². The number of unbranched alkanes of at least 4 members (excludes halogenated alkanes) is 10. The molecule has 0 aliphatic carbocycles. The van der Waals surface area contributed by atoms with Crippen molar-refractivity contribution in [1.29, 1.82) is 0 Å². The first kappa shape index (κ1) is 42.4. The van der Waals surface area contributed by atoms with Gasteiger partial charge in [0.2, 0.25) is 5.91 Å². The van der Waals surface area contributed by atoms with E-state index < -0.39 is 42.5 Å². The molecule has 0 radical (unpaired) electrons. The van der Waals surface area contributed by atoms with Crippen LogP contribution in [-0.4, -0.2) is 88.2 Å². The van der Waals surface area contributed by atoms with Crippen LogP contribution < -0.4 is 5.32 Å². The molecule has 1 saturated heterocycles. The molecule has 1 aliphatic heterocycles. The lowest BCUT2D eigenvalue weighted by Crippen LogP contribution is -2.55. The summed E-state index contributed by atoms with van der Waals surface area (Å²) >= 11 is 0. The maximum Gasteiger partial charge on any atom is 0.306 e. The Bertz CT molecular complexity index is 1120. The van der Waals surface area contributed by atoms with Crippen LogP contribution in [0.1, 0.15) is 123 Å². The van der Waals surface area contributed by atoms with E-state index in [2.05, 4.69) is 12.2 Å². The van der Waals surface area contributed by atoms with E-state index in [1.54, 1.807) is 11.0 Å². The summed E-state index contributed by atoms with van der Waals surface area (Å²) in [6.45, 7) is 8.43. The predicted octanol–water partition coefficient (Wildman–Crippen LogP) is 5.61. The number of allylic oxidation sites excluding steroid dienone is 1. The van der Waals surface area contributed by atoms with E-state index in [0.717, 1.165) is 24.8 Å². The second-order valence-corrected chi connectivity index (χ2v) is 14.6. The number of rotatable bonds is 22. The number of likely N-dealkylation sites (tertiary alicyclic amines) is 1. The Hall–Kier alpha value is -2.79. The van der Waals surface area contributed by atoms with Crippen molar-refractivity contribution in [2.75, 3.05) is 13.7 Å². The molecular weight excluding hydrogens is 624 g/mol. The third-order valence-corrected chi connectivity index (χ3v) is 8.94. The lowest BCUT2D eigenvalue weighted by molar-refractivity contribution is -0.152. The number of benzene rings is 1. The van der Waals surface area contributed by atoms with Crippen LogP contribution in [0.3, 0.4) is 0 Å². The zero-order valence-electron chi connectivity index (χ0n) is 30.6. The fourth-order valence-electron chi connectivity index (χ4n) is 6.02. The van der Waals surface area contributed by atoms with Gasteiger partial charge in [0.15, 0.2) is 6.10 Å². The molecule has 0 bridgehead atoms. The number of carbonyl (C=O) groups excluding carboxylic acids is 3. The van der Waals surface area contributed by atoms with Crippen molar-refractivity contribution in [2.45, 2.75) is 161 Å². The van der Waals surface area contributed by atoms with Gasteiger partial charge < -0.3 is 35.0 Å². The van der Waals surface area contributed by atoms with E-state index >= 15 is 0 Å². The fourth-order valence-corrected chi connectivity index (χ4v) is 6.02. The van der Waals surface area contributed by atoms with Crippen LogP contribution in [0, 0.1) is 5.41 Å². The molecule has 0 saturated carbocycles. The van der Waals surface area contributed by atoms with Crippen LogP contribution in [-0.2, 0) is 30.4 Å². The smallest absolute Gasteiger partial charge is 0.306 e. The van der Waals surface area contributed by atoms with E-state index in [1.807, 2.05) is 51.1 Å². The van der Waals surface area contributed by atoms with Crippen molar-refractivity contribution in [3.05, 3.63) is 48.0 Å². The molecule has 49 heavy (non-hydrogen) atoms. The van der Waals surface area contributed by atoms with Crippen LogP contribution in [0.2, 0.25) is 0 Å². The Morgan fingerprint density at radius 3 is 2.08 bits per heavy atom. The number of esters is 1. The Balaban J connectivity index is 1.97. The standard InChI is InChI=1S/C39H64N2O8/c1-6-7-8-9-10-11-12-13-14-15-19-22-33(43)49-30-23-24-31(38(47)41(28-30)27-29-20-17-16-18-21-29)40-37(46)36(48-5)35(45)34(44)32(42)25-26-39(2,3)4/h16-18,20-21,25-26,30-32,34-36,42,44-45H,6-15,19,22-24,27-28H2,1-5H3,(H,40,46)/b26-25+/t30-,31+,32-,34+,35-,36-/m1/s1. The van der Waals surface area contributed by atoms with Crippen molar-refractivity contribution in [3.8, 4) is 0 Å². The number of carbonyl (C=O) groups is 3. The minimum absolute atomic E-state index is 0.186. The number of nitrogens with one attached hydrogen (secondary N) is 1. The number of ether oxygens (including phenoxy) is 2. The number of aliphatic hydroxyl groups is 3. The molecular formula is C39H64N2O8. The van der Waals surface area contributed by atoms with Gasteiger partial charge in [0, 0.05) is 20.1 Å². The van der Waals surface area contributed by atoms with E-state index in [0.29, 0.717) is 12.8 Å². The van der Waals surface area contributed by atoms with Gasteiger partial charge in [0.1, 0.15) is 30.5 Å². The molecule has 1 aliphatic rings. The lowest BCUT2D eigenvalue weighted by Gasteiger charge is -2.29. The lowest BCUT2D eigenvalue weighted by atomic mass is 9.94. The number of nitrogens with zero attached hydrogens (tertiary/aromatic N) is 1. The molecule has 0 unspecified atom stereocenters. The molecule has 0 spiro atoms. The van der Waals surface area contributed by atoms with Crippen molar-refractivity contribution in [1.82, 2.24) is 10.2 Å². The Morgan fingerprint density at radius 2 is 1.51 bits per heavy atom. The first-order valence-corrected chi connectivity index (χ1v) is 18.4. The van der Waals surface area contributed by atoms with Crippen LogP contribution in [0.5, 0.6) is 0 Å². The molecule has 0 aromatic heterocycles. The number of amides is 2. The average Bonchev–Trinajstić information content (AvgIpc) is 3.20. The first-order valence-electron chi connectivity index (χ1n) is 18.4. The third-order valence-electron chi connectivity index (χ3n) is 8.94. The van der Waals surface area contributed by atoms with Crippen LogP contribution in [0.4, 0.5) is 0 Å². The quantitative estimate of drug-likeness (QED) is 0.0700. The maximum absolute atomic E-state index is 13.8. The van der Waals surface area contributed by atoms with E-state index in [1.165, 1.54) is 64.6 Å². The number of aliphatic hydroxyl groups excluding tert-OH is 3. The largest absolute Gasteiger partial charge is 0.460 e. The average molecular weight is 689 g/mol. The van der Waals surface area contributed by atoms with Crippen LogP contribution >= 0.6 is 0 Å². The normalized spacial score (nSPS) is 19.7. The highest BCUT2D eigenvalue weighted by atomic mass is 16.5. The zero-order valence-corrected chi connectivity index (χ0v) is 30.6. The minimum atomic E-state index is -1.77. The van der Waals surface area contributed by atoms with Gasteiger partial charge in [0.25, 0.3) is 5.91 Å². The molecule has 4 N–H and O–H groups in total. The summed E-state index contributed by atoms with van der Waals surface area (Å²) in [6.07, 6.45) is 10.0. The molecule has 1 aromatic carbocycles. The summed E-state index contributed by atoms with van der Waals surface area (Å²) in [4.78, 5) is 41.5. The zero-order chi connectivity index (χ0) is 36.2. The first-order chi connectivity index (χ1) is 23.4. The third kappa shape index (κ3) is 16.6. The van der Waals surface area contributed by atoms with E-state index in [9.17, 15) is 29.7 Å². The highest BCUT2D eigenvalue weighted by Crippen LogP contribution is 2.21. The predicted molar refractivity (Wildman–Crippen MR) is 191 cm³/mol. The highest BCUT2D eigenvalue weighted by molar-refractivity contribution is 5.90. The van der Waals surface area contributed by atoms with E-state index in [4.69, 9.17) is 9.47 Å². The number of hydrogen-bond donors (Lipinski definition) is 4. The molecule has 10 nitrogen and oxygen atoms in total. The van der Waals surface area contributed by atoms with Gasteiger partial charge in [0.05, 0.1) is 6.54 Å². The fraction of sp³-hybridized carbons (Fsp3) is 0.718. The molecule has 1 heterocycles. The van der Waals surface area contributed by atoms with Crippen molar-refractivity contribution in [3.63, 3.8) is 0 Å². The minimum Gasteiger partial charge on any atom is -0.460 e. The molecule has 6 atom stereocenters. The van der Waals surface area contributed by atoms with Gasteiger partial charge in [-0.2, -0.15) is 0 Å².